The Morgan fingerprint density at radius 3 is 2.61 bits per heavy atom. The van der Waals surface area contributed by atoms with Crippen molar-refractivity contribution in [2.24, 2.45) is 0 Å². The Morgan fingerprint density at radius 2 is 1.87 bits per heavy atom. The number of nitrogens with zero attached hydrogens (tertiary/aromatic N) is 3. The van der Waals surface area contributed by atoms with Crippen LogP contribution in [-0.4, -0.2) is 30.9 Å². The monoisotopic (exact) mass is 445 g/mol. The van der Waals surface area contributed by atoms with Crippen molar-refractivity contribution in [2.75, 3.05) is 5.32 Å². The molecule has 0 aliphatic carbocycles. The molecule has 0 bridgehead atoms. The predicted molar refractivity (Wildman–Crippen MR) is 110 cm³/mol. The fourth-order valence-corrected chi connectivity index (χ4v) is 3.58. The molecule has 2 N–H and O–H groups in total. The number of fused-ring (bicyclic) bond motifs is 1. The Kier molecular flexibility index (Phi) is 5.51. The number of carbonyl (C=O) groups excluding carboxylic acids is 1. The van der Waals surface area contributed by atoms with E-state index in [0.717, 1.165) is 17.8 Å². The van der Waals surface area contributed by atoms with Crippen LogP contribution in [-0.2, 0) is 4.79 Å². The van der Waals surface area contributed by atoms with Crippen LogP contribution in [0.1, 0.15) is 6.92 Å². The number of anilines is 1. The molecule has 0 aliphatic heterocycles. The molecule has 1 atom stereocenters. The van der Waals surface area contributed by atoms with E-state index >= 15 is 0 Å². The lowest BCUT2D eigenvalue weighted by Gasteiger charge is -2.12. The number of H-pyrrole nitrogens is 1. The Balaban J connectivity index is 1.59. The fraction of sp³-hybridized carbons (Fsp3) is 0.100. The number of aromatic amines is 1. The summed E-state index contributed by atoms with van der Waals surface area (Å²) < 4.78 is 41.7. The molecule has 158 valence electrons. The molecule has 0 radical (unpaired) electrons. The third-order valence-corrected chi connectivity index (χ3v) is 5.35. The summed E-state index contributed by atoms with van der Waals surface area (Å²) in [7, 11) is 0. The first-order valence-electron chi connectivity index (χ1n) is 8.99. The third kappa shape index (κ3) is 4.04. The van der Waals surface area contributed by atoms with Gasteiger partial charge in [0.15, 0.2) is 28.3 Å². The summed E-state index contributed by atoms with van der Waals surface area (Å²) in [6.07, 6.45) is 1.39. The van der Waals surface area contributed by atoms with Gasteiger partial charge in [0.05, 0.1) is 22.8 Å². The molecule has 1 unspecified atom stereocenters. The van der Waals surface area contributed by atoms with Crippen LogP contribution in [0.4, 0.5) is 18.9 Å². The summed E-state index contributed by atoms with van der Waals surface area (Å²) in [5.41, 5.74) is 0.0761. The summed E-state index contributed by atoms with van der Waals surface area (Å²) in [6.45, 7) is 1.50. The zero-order valence-corrected chi connectivity index (χ0v) is 16.7. The molecule has 0 spiro atoms. The molecule has 4 aromatic rings. The van der Waals surface area contributed by atoms with Gasteiger partial charge in [-0.2, -0.15) is 5.10 Å². The number of amides is 1. The largest absolute Gasteiger partial charge is 0.323 e. The van der Waals surface area contributed by atoms with Crippen LogP contribution in [0.2, 0.25) is 0 Å². The Hall–Kier alpha value is -3.60. The standard InChI is InChI=1S/C20H14F3N5O2S/c1-10(18(29)25-14-8-7-13(21)15(22)16(14)23)31-20-26-17-12(19(30)27-20)9-24-28(17)11-5-3-2-4-6-11/h2-10H,1H3,(H,25,29)(H,26,27,30). The van der Waals surface area contributed by atoms with Crippen molar-refractivity contribution in [1.29, 1.82) is 0 Å². The highest BCUT2D eigenvalue weighted by Gasteiger charge is 2.21. The number of aromatic nitrogens is 4. The van der Waals surface area contributed by atoms with Crippen molar-refractivity contribution in [1.82, 2.24) is 19.7 Å². The van der Waals surface area contributed by atoms with Crippen molar-refractivity contribution >= 4 is 34.4 Å². The minimum Gasteiger partial charge on any atom is -0.323 e. The van der Waals surface area contributed by atoms with Crippen LogP contribution in [0.5, 0.6) is 0 Å². The molecule has 2 aromatic heterocycles. The van der Waals surface area contributed by atoms with Gasteiger partial charge in [0, 0.05) is 0 Å². The molecule has 31 heavy (non-hydrogen) atoms. The molecule has 0 fully saturated rings. The van der Waals surface area contributed by atoms with Crippen molar-refractivity contribution in [3.63, 3.8) is 0 Å². The number of hydrogen-bond donors (Lipinski definition) is 2. The van der Waals surface area contributed by atoms with Gasteiger partial charge in [-0.05, 0) is 31.2 Å². The number of nitrogens with one attached hydrogen (secondary N) is 2. The van der Waals surface area contributed by atoms with Crippen molar-refractivity contribution in [3.8, 4) is 5.69 Å². The van der Waals surface area contributed by atoms with E-state index in [0.29, 0.717) is 17.4 Å². The van der Waals surface area contributed by atoms with Crippen LogP contribution < -0.4 is 10.9 Å². The van der Waals surface area contributed by atoms with Crippen LogP contribution >= 0.6 is 11.8 Å². The second-order valence-corrected chi connectivity index (χ2v) is 7.80. The van der Waals surface area contributed by atoms with Gasteiger partial charge < -0.3 is 10.3 Å². The number of thioether (sulfide) groups is 1. The molecule has 0 saturated heterocycles. The average molecular weight is 445 g/mol. The fourth-order valence-electron chi connectivity index (χ4n) is 2.79. The summed E-state index contributed by atoms with van der Waals surface area (Å²) in [4.78, 5) is 31.8. The quantitative estimate of drug-likeness (QED) is 0.278. The van der Waals surface area contributed by atoms with Crippen LogP contribution in [0.25, 0.3) is 16.7 Å². The zero-order valence-electron chi connectivity index (χ0n) is 15.9. The van der Waals surface area contributed by atoms with Gasteiger partial charge in [-0.15, -0.1) is 0 Å². The van der Waals surface area contributed by atoms with E-state index in [1.807, 2.05) is 18.2 Å². The van der Waals surface area contributed by atoms with Crippen LogP contribution in [0, 0.1) is 17.5 Å². The van der Waals surface area contributed by atoms with Gasteiger partial charge >= 0.3 is 0 Å². The lowest BCUT2D eigenvalue weighted by molar-refractivity contribution is -0.115. The van der Waals surface area contributed by atoms with Gasteiger partial charge in [-0.25, -0.2) is 22.8 Å². The zero-order chi connectivity index (χ0) is 22.1. The molecule has 1 amide bonds. The lowest BCUT2D eigenvalue weighted by Crippen LogP contribution is -2.24. The van der Waals surface area contributed by atoms with Crippen molar-refractivity contribution < 1.29 is 18.0 Å². The molecule has 0 aliphatic rings. The maximum absolute atomic E-state index is 13.8. The molecular weight excluding hydrogens is 431 g/mol. The first kappa shape index (κ1) is 20.7. The SMILES string of the molecule is CC(Sc1nc2c(cnn2-c2ccccc2)c(=O)[nH]1)C(=O)Nc1ccc(F)c(F)c1F. The summed E-state index contributed by atoms with van der Waals surface area (Å²) >= 11 is 0.910. The maximum Gasteiger partial charge on any atom is 0.262 e. The van der Waals surface area contributed by atoms with Crippen molar-refractivity contribution in [2.45, 2.75) is 17.3 Å². The second kappa shape index (κ2) is 8.26. The van der Waals surface area contributed by atoms with E-state index in [4.69, 9.17) is 0 Å². The Bertz CT molecular complexity index is 1340. The smallest absolute Gasteiger partial charge is 0.262 e. The van der Waals surface area contributed by atoms with Gasteiger partial charge in [-0.1, -0.05) is 30.0 Å². The molecule has 7 nitrogen and oxygen atoms in total. The van der Waals surface area contributed by atoms with E-state index in [9.17, 15) is 22.8 Å². The molecule has 4 rings (SSSR count). The molecular formula is C20H14F3N5O2S. The summed E-state index contributed by atoms with van der Waals surface area (Å²) in [6, 6.07) is 10.7. The number of benzene rings is 2. The van der Waals surface area contributed by atoms with Gasteiger partial charge in [-0.3, -0.25) is 9.59 Å². The van der Waals surface area contributed by atoms with Gasteiger partial charge in [0.1, 0.15) is 5.39 Å². The number of rotatable bonds is 5. The first-order chi connectivity index (χ1) is 14.8. The third-order valence-electron chi connectivity index (χ3n) is 4.37. The number of carbonyl (C=O) groups is 1. The molecule has 2 heterocycles. The first-order valence-corrected chi connectivity index (χ1v) is 9.87. The highest BCUT2D eigenvalue weighted by Crippen LogP contribution is 2.24. The molecule has 11 heteroatoms. The molecule has 2 aromatic carbocycles. The second-order valence-electron chi connectivity index (χ2n) is 6.47. The number of para-hydroxylation sites is 1. The maximum atomic E-state index is 13.8. The van der Waals surface area contributed by atoms with Crippen LogP contribution in [0.3, 0.4) is 0 Å². The predicted octanol–water partition coefficient (Wildman–Crippen LogP) is 3.65. The highest BCUT2D eigenvalue weighted by molar-refractivity contribution is 8.00. The summed E-state index contributed by atoms with van der Waals surface area (Å²) in [5.74, 6) is -5.22. The van der Waals surface area contributed by atoms with Crippen molar-refractivity contribution in [3.05, 3.63) is 76.5 Å². The number of halogens is 3. The topological polar surface area (TPSA) is 92.7 Å². The molecule has 0 saturated carbocycles. The van der Waals surface area contributed by atoms with E-state index < -0.39 is 39.9 Å². The minimum absolute atomic E-state index is 0.142. The van der Waals surface area contributed by atoms with Gasteiger partial charge in [0.25, 0.3) is 5.56 Å². The van der Waals surface area contributed by atoms with E-state index in [1.54, 1.807) is 12.1 Å². The normalized spacial score (nSPS) is 12.1. The van der Waals surface area contributed by atoms with E-state index in [-0.39, 0.29) is 10.5 Å². The summed E-state index contributed by atoms with van der Waals surface area (Å²) in [5, 5.41) is 5.97. The lowest BCUT2D eigenvalue weighted by atomic mass is 10.2. The number of hydrogen-bond acceptors (Lipinski definition) is 5. The Labute approximate surface area is 177 Å². The Morgan fingerprint density at radius 1 is 1.13 bits per heavy atom. The highest BCUT2D eigenvalue weighted by atomic mass is 32.2. The van der Waals surface area contributed by atoms with E-state index in [1.165, 1.54) is 17.8 Å². The minimum atomic E-state index is -1.68. The average Bonchev–Trinajstić information content (AvgIpc) is 3.19. The van der Waals surface area contributed by atoms with E-state index in [2.05, 4.69) is 20.4 Å². The van der Waals surface area contributed by atoms with Gasteiger partial charge in [0.2, 0.25) is 5.91 Å². The van der Waals surface area contributed by atoms with Crippen LogP contribution in [0.15, 0.2) is 58.6 Å².